The molecular formula is C15H28N2O2. The smallest absolute Gasteiger partial charge is 0.311 e. The Labute approximate surface area is 117 Å². The van der Waals surface area contributed by atoms with Crippen LogP contribution in [-0.2, 0) is 9.63 Å². The van der Waals surface area contributed by atoms with Crippen LogP contribution in [0.25, 0.3) is 0 Å². The van der Waals surface area contributed by atoms with Gasteiger partial charge >= 0.3 is 5.91 Å². The Morgan fingerprint density at radius 1 is 1.05 bits per heavy atom. The van der Waals surface area contributed by atoms with E-state index in [-0.39, 0.29) is 11.3 Å². The minimum atomic E-state index is -0.446. The summed E-state index contributed by atoms with van der Waals surface area (Å²) in [7, 11) is 0. The van der Waals surface area contributed by atoms with Crippen molar-refractivity contribution in [1.82, 2.24) is 0 Å². The molecule has 0 fully saturated rings. The maximum Gasteiger partial charge on any atom is 0.311 e. The number of carbonyl (C=O) groups excluding carboxylic acids is 1. The summed E-state index contributed by atoms with van der Waals surface area (Å²) >= 11 is 0. The first kappa shape index (κ1) is 16.1. The number of amides is 1. The van der Waals surface area contributed by atoms with Gasteiger partial charge in [-0.3, -0.25) is 4.79 Å². The molecule has 0 aromatic carbocycles. The second kappa shape index (κ2) is 8.28. The number of unbranched alkanes of at least 4 members (excludes halogenated alkanes) is 5. The molecule has 0 saturated heterocycles. The van der Waals surface area contributed by atoms with Gasteiger partial charge in [0.1, 0.15) is 0 Å². The van der Waals surface area contributed by atoms with Crippen molar-refractivity contribution in [2.45, 2.75) is 84.7 Å². The molecule has 1 rings (SSSR count). The molecule has 1 heterocycles. The van der Waals surface area contributed by atoms with E-state index in [0.717, 1.165) is 19.3 Å². The molecule has 0 N–H and O–H groups in total. The molecule has 4 nitrogen and oxygen atoms in total. The standard InChI is InChI=1S/C15H28N2O2/c1-4-7-8-9-10-11-12-15(5-2,6-3)13-14(18)16-17-19-13/h13H,4-12H2,1-3H3. The van der Waals surface area contributed by atoms with E-state index in [2.05, 4.69) is 31.2 Å². The van der Waals surface area contributed by atoms with Crippen molar-refractivity contribution < 1.29 is 9.63 Å². The van der Waals surface area contributed by atoms with Gasteiger partial charge in [0.25, 0.3) is 0 Å². The third kappa shape index (κ3) is 4.29. The summed E-state index contributed by atoms with van der Waals surface area (Å²) in [6.45, 7) is 6.50. The van der Waals surface area contributed by atoms with Gasteiger partial charge < -0.3 is 4.84 Å². The predicted molar refractivity (Wildman–Crippen MR) is 75.7 cm³/mol. The Balaban J connectivity index is 2.41. The molecule has 1 aliphatic heterocycles. The molecule has 110 valence electrons. The molecule has 1 aliphatic rings. The number of hydrogen-bond acceptors (Lipinski definition) is 3. The van der Waals surface area contributed by atoms with E-state index in [1.54, 1.807) is 0 Å². The second-order valence-corrected chi connectivity index (χ2v) is 5.59. The zero-order valence-corrected chi connectivity index (χ0v) is 12.7. The van der Waals surface area contributed by atoms with E-state index in [4.69, 9.17) is 4.84 Å². The van der Waals surface area contributed by atoms with Crippen LogP contribution in [0.4, 0.5) is 0 Å². The van der Waals surface area contributed by atoms with Crippen molar-refractivity contribution >= 4 is 5.91 Å². The molecular weight excluding hydrogens is 240 g/mol. The quantitative estimate of drug-likeness (QED) is 0.532. The topological polar surface area (TPSA) is 51.0 Å². The fourth-order valence-electron chi connectivity index (χ4n) is 2.95. The van der Waals surface area contributed by atoms with E-state index in [0.29, 0.717) is 0 Å². The van der Waals surface area contributed by atoms with Crippen molar-refractivity contribution in [2.24, 2.45) is 15.8 Å². The average molecular weight is 268 g/mol. The second-order valence-electron chi connectivity index (χ2n) is 5.59. The van der Waals surface area contributed by atoms with E-state index in [1.165, 1.54) is 38.5 Å². The fraction of sp³-hybridized carbons (Fsp3) is 0.933. The molecule has 1 amide bonds. The first-order valence-electron chi connectivity index (χ1n) is 7.81. The van der Waals surface area contributed by atoms with Crippen molar-refractivity contribution in [1.29, 1.82) is 0 Å². The Kier molecular flexibility index (Phi) is 7.03. The summed E-state index contributed by atoms with van der Waals surface area (Å²) in [6, 6.07) is 0. The van der Waals surface area contributed by atoms with E-state index < -0.39 is 6.10 Å². The largest absolute Gasteiger partial charge is 0.365 e. The van der Waals surface area contributed by atoms with Crippen molar-refractivity contribution in [3.63, 3.8) is 0 Å². The van der Waals surface area contributed by atoms with Gasteiger partial charge in [-0.05, 0) is 19.3 Å². The Hall–Kier alpha value is -0.930. The third-order valence-electron chi connectivity index (χ3n) is 4.51. The molecule has 0 aromatic heterocycles. The van der Waals surface area contributed by atoms with Crippen LogP contribution in [0.5, 0.6) is 0 Å². The van der Waals surface area contributed by atoms with Crippen LogP contribution in [0.2, 0.25) is 0 Å². The van der Waals surface area contributed by atoms with Gasteiger partial charge in [0.15, 0.2) is 0 Å². The normalized spacial score (nSPS) is 18.9. The molecule has 0 radical (unpaired) electrons. The van der Waals surface area contributed by atoms with Crippen LogP contribution in [0.1, 0.15) is 78.6 Å². The van der Waals surface area contributed by atoms with Gasteiger partial charge in [-0.15, -0.1) is 0 Å². The van der Waals surface area contributed by atoms with Crippen LogP contribution in [0, 0.1) is 5.41 Å². The van der Waals surface area contributed by atoms with Crippen LogP contribution < -0.4 is 0 Å². The fourth-order valence-corrected chi connectivity index (χ4v) is 2.95. The molecule has 4 heteroatoms. The maximum absolute atomic E-state index is 11.7. The minimum absolute atomic E-state index is 0.0780. The molecule has 1 atom stereocenters. The van der Waals surface area contributed by atoms with Crippen LogP contribution in [-0.4, -0.2) is 12.0 Å². The van der Waals surface area contributed by atoms with E-state index >= 15 is 0 Å². The van der Waals surface area contributed by atoms with E-state index in [9.17, 15) is 4.79 Å². The molecule has 19 heavy (non-hydrogen) atoms. The molecule has 0 aliphatic carbocycles. The van der Waals surface area contributed by atoms with Gasteiger partial charge in [0, 0.05) is 10.7 Å². The Bertz CT molecular complexity index is 299. The summed E-state index contributed by atoms with van der Waals surface area (Å²) in [5.74, 6) is -0.199. The predicted octanol–water partition coefficient (Wildman–Crippen LogP) is 4.84. The Morgan fingerprint density at radius 2 is 1.68 bits per heavy atom. The monoisotopic (exact) mass is 268 g/mol. The van der Waals surface area contributed by atoms with E-state index in [1.807, 2.05) is 0 Å². The summed E-state index contributed by atoms with van der Waals surface area (Å²) in [4.78, 5) is 16.9. The van der Waals surface area contributed by atoms with Gasteiger partial charge in [-0.25, -0.2) is 0 Å². The van der Waals surface area contributed by atoms with Gasteiger partial charge in [-0.1, -0.05) is 64.4 Å². The minimum Gasteiger partial charge on any atom is -0.365 e. The summed E-state index contributed by atoms with van der Waals surface area (Å²) < 4.78 is 0. The maximum atomic E-state index is 11.7. The highest BCUT2D eigenvalue weighted by Gasteiger charge is 2.44. The number of carbonyl (C=O) groups is 1. The van der Waals surface area contributed by atoms with Crippen LogP contribution in [0.15, 0.2) is 10.4 Å². The number of rotatable bonds is 10. The van der Waals surface area contributed by atoms with Gasteiger partial charge in [0.05, 0.1) is 0 Å². The van der Waals surface area contributed by atoms with Crippen molar-refractivity contribution in [3.05, 3.63) is 0 Å². The summed E-state index contributed by atoms with van der Waals surface area (Å²) in [5, 5.41) is 6.96. The first-order valence-corrected chi connectivity index (χ1v) is 7.81. The zero-order chi connectivity index (χ0) is 14.1. The molecule has 0 bridgehead atoms. The highest BCUT2D eigenvalue weighted by molar-refractivity contribution is 5.82. The van der Waals surface area contributed by atoms with Crippen LogP contribution >= 0.6 is 0 Å². The van der Waals surface area contributed by atoms with Gasteiger partial charge in [-0.2, -0.15) is 0 Å². The average Bonchev–Trinajstić information content (AvgIpc) is 2.86. The molecule has 0 spiro atoms. The molecule has 0 aromatic rings. The summed E-state index contributed by atoms with van der Waals surface area (Å²) in [5.41, 5.74) is -0.0780. The van der Waals surface area contributed by atoms with Crippen molar-refractivity contribution in [3.8, 4) is 0 Å². The number of hydrogen-bond donors (Lipinski definition) is 0. The van der Waals surface area contributed by atoms with Crippen LogP contribution in [0.3, 0.4) is 0 Å². The molecule has 1 unspecified atom stereocenters. The first-order chi connectivity index (χ1) is 9.20. The number of nitrogens with zero attached hydrogens (tertiary/aromatic N) is 2. The lowest BCUT2D eigenvalue weighted by atomic mass is 9.73. The highest BCUT2D eigenvalue weighted by Crippen LogP contribution is 2.40. The van der Waals surface area contributed by atoms with Gasteiger partial charge in [0.2, 0.25) is 6.10 Å². The lowest BCUT2D eigenvalue weighted by Crippen LogP contribution is -2.38. The zero-order valence-electron chi connectivity index (χ0n) is 12.7. The Morgan fingerprint density at radius 3 is 2.21 bits per heavy atom. The lowest BCUT2D eigenvalue weighted by molar-refractivity contribution is -0.132. The third-order valence-corrected chi connectivity index (χ3v) is 4.51. The highest BCUT2D eigenvalue weighted by atomic mass is 16.7. The lowest BCUT2D eigenvalue weighted by Gasteiger charge is -2.33. The van der Waals surface area contributed by atoms with Crippen molar-refractivity contribution in [2.75, 3.05) is 0 Å². The SMILES string of the molecule is CCCCCCCCC(CC)(CC)C1ON=NC1=O. The molecule has 0 saturated carbocycles. The summed E-state index contributed by atoms with van der Waals surface area (Å²) in [6.07, 6.45) is 10.1.